The first-order chi connectivity index (χ1) is 8.99. The minimum atomic E-state index is -1.03. The molecular weight excluding hydrogens is 382 g/mol. The Morgan fingerprint density at radius 2 is 1.79 bits per heavy atom. The van der Waals surface area contributed by atoms with E-state index in [-0.39, 0.29) is 12.0 Å². The van der Waals surface area contributed by atoms with Crippen LogP contribution in [-0.2, 0) is 6.42 Å². The number of aliphatic hydroxyl groups excluding tert-OH is 1. The molecule has 0 aliphatic carbocycles. The molecule has 1 atom stereocenters. The van der Waals surface area contributed by atoms with Gasteiger partial charge in [-0.05, 0) is 45.8 Å². The largest absolute Gasteiger partial charge is 0.388 e. The minimum absolute atomic E-state index is 0.131. The predicted molar refractivity (Wildman–Crippen MR) is 76.9 cm³/mol. The van der Waals surface area contributed by atoms with Crippen LogP contribution >= 0.6 is 31.9 Å². The summed E-state index contributed by atoms with van der Waals surface area (Å²) in [6.07, 6.45) is -0.901. The highest BCUT2D eigenvalue weighted by Crippen LogP contribution is 2.28. The molecule has 2 aromatic rings. The molecule has 0 saturated carbocycles. The summed E-state index contributed by atoms with van der Waals surface area (Å²) >= 11 is 6.35. The molecule has 0 aliphatic heterocycles. The fraction of sp³-hybridized carbons (Fsp3) is 0.143. The van der Waals surface area contributed by atoms with Gasteiger partial charge in [0.25, 0.3) is 0 Å². The Kier molecular flexibility index (Phi) is 4.71. The van der Waals surface area contributed by atoms with Gasteiger partial charge in [-0.25, -0.2) is 8.78 Å². The summed E-state index contributed by atoms with van der Waals surface area (Å²) in [4.78, 5) is 0. The molecule has 0 saturated heterocycles. The van der Waals surface area contributed by atoms with E-state index in [1.165, 1.54) is 18.2 Å². The van der Waals surface area contributed by atoms with Crippen molar-refractivity contribution in [1.82, 2.24) is 0 Å². The quantitative estimate of drug-likeness (QED) is 0.799. The highest BCUT2D eigenvalue weighted by Gasteiger charge is 2.16. The van der Waals surface area contributed by atoms with Crippen molar-refractivity contribution in [1.29, 1.82) is 0 Å². The molecule has 0 aliphatic rings. The summed E-state index contributed by atoms with van der Waals surface area (Å²) in [5.74, 6) is -0.886. The standard InChI is InChI=1S/C14H10Br2F2O/c15-9-4-5-11(17)10(7-9)13(19)6-8-2-1-3-12(18)14(8)16/h1-5,7,13,19H,6H2. The maximum atomic E-state index is 13.6. The summed E-state index contributed by atoms with van der Waals surface area (Å²) in [6.45, 7) is 0. The van der Waals surface area contributed by atoms with Crippen molar-refractivity contribution in [3.05, 3.63) is 68.1 Å². The third-order valence-corrected chi connectivity index (χ3v) is 4.14. The van der Waals surface area contributed by atoms with Crippen molar-refractivity contribution in [2.75, 3.05) is 0 Å². The first-order valence-electron chi connectivity index (χ1n) is 5.55. The summed E-state index contributed by atoms with van der Waals surface area (Å²) in [7, 11) is 0. The zero-order valence-electron chi connectivity index (χ0n) is 9.71. The second-order valence-electron chi connectivity index (χ2n) is 4.10. The van der Waals surface area contributed by atoms with Crippen LogP contribution in [-0.4, -0.2) is 5.11 Å². The summed E-state index contributed by atoms with van der Waals surface area (Å²) in [5.41, 5.74) is 0.775. The maximum absolute atomic E-state index is 13.6. The van der Waals surface area contributed by atoms with Crippen LogP contribution in [0.15, 0.2) is 45.3 Å². The normalized spacial score (nSPS) is 12.5. The molecule has 0 fully saturated rings. The van der Waals surface area contributed by atoms with Crippen molar-refractivity contribution in [2.45, 2.75) is 12.5 Å². The molecule has 1 unspecified atom stereocenters. The molecule has 2 aromatic carbocycles. The Labute approximate surface area is 126 Å². The third-order valence-electron chi connectivity index (χ3n) is 2.76. The van der Waals surface area contributed by atoms with Crippen LogP contribution in [0.3, 0.4) is 0 Å². The van der Waals surface area contributed by atoms with Gasteiger partial charge in [-0.15, -0.1) is 0 Å². The number of hydrogen-bond acceptors (Lipinski definition) is 1. The SMILES string of the molecule is OC(Cc1cccc(F)c1Br)c1cc(Br)ccc1F. The van der Waals surface area contributed by atoms with Gasteiger partial charge in [0, 0.05) is 16.5 Å². The van der Waals surface area contributed by atoms with E-state index >= 15 is 0 Å². The molecule has 19 heavy (non-hydrogen) atoms. The van der Waals surface area contributed by atoms with Crippen LogP contribution in [0.25, 0.3) is 0 Å². The smallest absolute Gasteiger partial charge is 0.137 e. The fourth-order valence-corrected chi connectivity index (χ4v) is 2.60. The third kappa shape index (κ3) is 3.41. The molecule has 5 heteroatoms. The van der Waals surface area contributed by atoms with Crippen LogP contribution in [0.1, 0.15) is 17.2 Å². The fourth-order valence-electron chi connectivity index (χ4n) is 1.79. The minimum Gasteiger partial charge on any atom is -0.388 e. The van der Waals surface area contributed by atoms with Crippen molar-refractivity contribution in [3.8, 4) is 0 Å². The van der Waals surface area contributed by atoms with Crippen molar-refractivity contribution in [3.63, 3.8) is 0 Å². The number of rotatable bonds is 3. The average molecular weight is 392 g/mol. The molecule has 2 rings (SSSR count). The number of hydrogen-bond donors (Lipinski definition) is 1. The zero-order valence-corrected chi connectivity index (χ0v) is 12.9. The van der Waals surface area contributed by atoms with Gasteiger partial charge in [-0.1, -0.05) is 28.1 Å². The Bertz CT molecular complexity index is 602. The van der Waals surface area contributed by atoms with E-state index in [9.17, 15) is 13.9 Å². The number of halogens is 4. The van der Waals surface area contributed by atoms with Gasteiger partial charge < -0.3 is 5.11 Å². The lowest BCUT2D eigenvalue weighted by atomic mass is 10.0. The van der Waals surface area contributed by atoms with E-state index in [0.29, 0.717) is 14.5 Å². The second-order valence-corrected chi connectivity index (χ2v) is 5.81. The van der Waals surface area contributed by atoms with Crippen molar-refractivity contribution in [2.24, 2.45) is 0 Å². The highest BCUT2D eigenvalue weighted by molar-refractivity contribution is 9.10. The van der Waals surface area contributed by atoms with Crippen molar-refractivity contribution < 1.29 is 13.9 Å². The Hall–Kier alpha value is -0.780. The topological polar surface area (TPSA) is 20.2 Å². The molecule has 0 radical (unpaired) electrons. The lowest BCUT2D eigenvalue weighted by Crippen LogP contribution is -2.05. The molecule has 0 spiro atoms. The van der Waals surface area contributed by atoms with E-state index in [4.69, 9.17) is 0 Å². The lowest BCUT2D eigenvalue weighted by Gasteiger charge is -2.14. The highest BCUT2D eigenvalue weighted by atomic mass is 79.9. The van der Waals surface area contributed by atoms with Gasteiger partial charge >= 0.3 is 0 Å². The molecule has 1 N–H and O–H groups in total. The Balaban J connectivity index is 2.28. The molecule has 0 aromatic heterocycles. The average Bonchev–Trinajstić information content (AvgIpc) is 2.38. The number of benzene rings is 2. The van der Waals surface area contributed by atoms with Crippen LogP contribution in [0.5, 0.6) is 0 Å². The van der Waals surface area contributed by atoms with Gasteiger partial charge in [0.15, 0.2) is 0 Å². The van der Waals surface area contributed by atoms with E-state index in [1.807, 2.05) is 0 Å². The lowest BCUT2D eigenvalue weighted by molar-refractivity contribution is 0.173. The van der Waals surface area contributed by atoms with E-state index in [2.05, 4.69) is 31.9 Å². The maximum Gasteiger partial charge on any atom is 0.137 e. The first-order valence-corrected chi connectivity index (χ1v) is 7.13. The summed E-state index contributed by atoms with van der Waals surface area (Å²) < 4.78 is 28.0. The molecular formula is C14H10Br2F2O. The molecule has 0 bridgehead atoms. The van der Waals surface area contributed by atoms with Gasteiger partial charge in [-0.3, -0.25) is 0 Å². The monoisotopic (exact) mass is 390 g/mol. The van der Waals surface area contributed by atoms with E-state index in [1.54, 1.807) is 18.2 Å². The van der Waals surface area contributed by atoms with Crippen molar-refractivity contribution >= 4 is 31.9 Å². The Morgan fingerprint density at radius 1 is 1.05 bits per heavy atom. The molecule has 100 valence electrons. The summed E-state index contributed by atoms with van der Waals surface area (Å²) in [5, 5.41) is 10.1. The molecule has 0 heterocycles. The van der Waals surface area contributed by atoms with Crippen LogP contribution in [0, 0.1) is 11.6 Å². The zero-order chi connectivity index (χ0) is 14.0. The first kappa shape index (κ1) is 14.6. The van der Waals surface area contributed by atoms with Gasteiger partial charge in [0.1, 0.15) is 11.6 Å². The van der Waals surface area contributed by atoms with Crippen LogP contribution in [0.2, 0.25) is 0 Å². The number of aliphatic hydroxyl groups is 1. The van der Waals surface area contributed by atoms with Crippen LogP contribution < -0.4 is 0 Å². The van der Waals surface area contributed by atoms with Gasteiger partial charge in [0.2, 0.25) is 0 Å². The van der Waals surface area contributed by atoms with Gasteiger partial charge in [0.05, 0.1) is 10.6 Å². The second kappa shape index (κ2) is 6.11. The predicted octanol–water partition coefficient (Wildman–Crippen LogP) is 4.77. The van der Waals surface area contributed by atoms with E-state index < -0.39 is 17.7 Å². The molecule has 0 amide bonds. The molecule has 1 nitrogen and oxygen atoms in total. The summed E-state index contributed by atoms with van der Waals surface area (Å²) in [6, 6.07) is 8.92. The Morgan fingerprint density at radius 3 is 2.53 bits per heavy atom. The van der Waals surface area contributed by atoms with Gasteiger partial charge in [-0.2, -0.15) is 0 Å². The van der Waals surface area contributed by atoms with Crippen LogP contribution in [0.4, 0.5) is 8.78 Å². The van der Waals surface area contributed by atoms with E-state index in [0.717, 1.165) is 0 Å².